The van der Waals surface area contributed by atoms with Gasteiger partial charge in [-0.25, -0.2) is 0 Å². The highest BCUT2D eigenvalue weighted by Gasteiger charge is 2.33. The second kappa shape index (κ2) is 7.32. The quantitative estimate of drug-likeness (QED) is 0.464. The van der Waals surface area contributed by atoms with Gasteiger partial charge in [-0.05, 0) is 35.2 Å². The first-order valence-electron chi connectivity index (χ1n) is 7.98. The van der Waals surface area contributed by atoms with Crippen molar-refractivity contribution in [3.63, 3.8) is 0 Å². The molecule has 0 aromatic heterocycles. The lowest BCUT2D eigenvalue weighted by atomic mass is 9.94. The van der Waals surface area contributed by atoms with Crippen molar-refractivity contribution in [1.82, 2.24) is 0 Å². The van der Waals surface area contributed by atoms with Crippen LogP contribution in [0.25, 0.3) is 0 Å². The molecule has 24 heavy (non-hydrogen) atoms. The highest BCUT2D eigenvalue weighted by molar-refractivity contribution is 6.17. The normalized spacial score (nSPS) is 13.0. The van der Waals surface area contributed by atoms with Crippen molar-refractivity contribution < 1.29 is 4.74 Å². The van der Waals surface area contributed by atoms with E-state index in [0.717, 1.165) is 23.3 Å². The molecule has 0 saturated carbocycles. The Morgan fingerprint density at radius 1 is 0.833 bits per heavy atom. The van der Waals surface area contributed by atoms with E-state index < -0.39 is 5.22 Å². The third kappa shape index (κ3) is 3.34. The van der Waals surface area contributed by atoms with Gasteiger partial charge in [-0.15, -0.1) is 6.58 Å². The summed E-state index contributed by atoms with van der Waals surface area (Å²) in [6, 6.07) is 28.4. The number of benzene rings is 3. The Bertz CT molecular complexity index is 798. The van der Waals surface area contributed by atoms with Crippen molar-refractivity contribution in [2.75, 3.05) is 0 Å². The van der Waals surface area contributed by atoms with E-state index in [0.29, 0.717) is 0 Å². The van der Waals surface area contributed by atoms with E-state index in [-0.39, 0.29) is 0 Å². The maximum atomic E-state index is 6.44. The molecular formula is C22H19OSi. The van der Waals surface area contributed by atoms with Crippen LogP contribution >= 0.6 is 0 Å². The molecule has 0 spiro atoms. The van der Waals surface area contributed by atoms with Gasteiger partial charge in [0.05, 0.1) is 0 Å². The van der Waals surface area contributed by atoms with E-state index in [1.807, 2.05) is 66.7 Å². The molecule has 3 aromatic rings. The Balaban J connectivity index is 2.14. The minimum Gasteiger partial charge on any atom is -0.483 e. The molecule has 0 N–H and O–H groups in total. The Kier molecular flexibility index (Phi) is 4.97. The third-order valence-corrected chi connectivity index (χ3v) is 4.62. The van der Waals surface area contributed by atoms with Gasteiger partial charge >= 0.3 is 0 Å². The van der Waals surface area contributed by atoms with E-state index in [4.69, 9.17) is 4.74 Å². The molecule has 117 valence electrons. The van der Waals surface area contributed by atoms with E-state index in [1.165, 1.54) is 5.56 Å². The molecule has 3 rings (SSSR count). The standard InChI is InChI=1S/C22H19OSi/c1-2-11-18-12-9-10-17-21(18)22(24,19-13-5-3-6-14-19)23-20-15-7-4-8-16-20/h2-10,12-17H,1,11H2. The van der Waals surface area contributed by atoms with Gasteiger partial charge in [0.1, 0.15) is 21.2 Å². The fourth-order valence-corrected chi connectivity index (χ4v) is 3.33. The maximum Gasteiger partial charge on any atom is 0.137 e. The minimum atomic E-state index is -0.762. The number of allylic oxidation sites excluding steroid dienone is 1. The lowest BCUT2D eigenvalue weighted by Gasteiger charge is -2.33. The van der Waals surface area contributed by atoms with Gasteiger partial charge in [0.2, 0.25) is 0 Å². The van der Waals surface area contributed by atoms with Crippen molar-refractivity contribution in [2.24, 2.45) is 0 Å². The maximum absolute atomic E-state index is 6.44. The predicted molar refractivity (Wildman–Crippen MR) is 100 cm³/mol. The van der Waals surface area contributed by atoms with Crippen LogP contribution < -0.4 is 4.74 Å². The minimum absolute atomic E-state index is 0.762. The van der Waals surface area contributed by atoms with E-state index in [1.54, 1.807) is 0 Å². The summed E-state index contributed by atoms with van der Waals surface area (Å²) in [7, 11) is 3.97. The topological polar surface area (TPSA) is 9.23 Å². The highest BCUT2D eigenvalue weighted by atomic mass is 28.1. The first kappa shape index (κ1) is 16.3. The van der Waals surface area contributed by atoms with Crippen LogP contribution in [0.1, 0.15) is 16.7 Å². The molecule has 1 unspecified atom stereocenters. The van der Waals surface area contributed by atoms with Crippen LogP contribution in [0.5, 0.6) is 5.75 Å². The summed E-state index contributed by atoms with van der Waals surface area (Å²) in [6.45, 7) is 3.88. The molecule has 2 heteroatoms. The SMILES string of the molecule is C=CCc1ccccc1C([Si])(Oc1ccccc1)c1ccccc1. The lowest BCUT2D eigenvalue weighted by Crippen LogP contribution is -2.36. The van der Waals surface area contributed by atoms with Crippen molar-refractivity contribution in [3.05, 3.63) is 114 Å². The summed E-state index contributed by atoms with van der Waals surface area (Å²) in [4.78, 5) is 0. The molecule has 0 aliphatic carbocycles. The lowest BCUT2D eigenvalue weighted by molar-refractivity contribution is 0.200. The van der Waals surface area contributed by atoms with Gasteiger partial charge in [0.15, 0.2) is 0 Å². The second-order valence-corrected chi connectivity index (χ2v) is 6.32. The summed E-state index contributed by atoms with van der Waals surface area (Å²) in [5, 5.41) is -0.762. The fraction of sp³-hybridized carbons (Fsp3) is 0.0909. The van der Waals surface area contributed by atoms with E-state index in [2.05, 4.69) is 41.1 Å². The van der Waals surface area contributed by atoms with Gasteiger partial charge < -0.3 is 4.74 Å². The van der Waals surface area contributed by atoms with Crippen LogP contribution in [0.4, 0.5) is 0 Å². The summed E-state index contributed by atoms with van der Waals surface area (Å²) < 4.78 is 6.44. The molecule has 0 amide bonds. The Labute approximate surface area is 147 Å². The number of rotatable bonds is 6. The first-order chi connectivity index (χ1) is 11.7. The monoisotopic (exact) mass is 327 g/mol. The molecule has 0 heterocycles. The molecule has 3 aromatic carbocycles. The number of ether oxygens (including phenoxy) is 1. The molecule has 0 aliphatic rings. The van der Waals surface area contributed by atoms with Gasteiger partial charge in [0, 0.05) is 0 Å². The molecule has 1 nitrogen and oxygen atoms in total. The van der Waals surface area contributed by atoms with Gasteiger partial charge in [0.25, 0.3) is 0 Å². The van der Waals surface area contributed by atoms with Crippen molar-refractivity contribution in [3.8, 4) is 5.75 Å². The summed E-state index contributed by atoms with van der Waals surface area (Å²) in [5.74, 6) is 0.810. The second-order valence-electron chi connectivity index (χ2n) is 5.61. The van der Waals surface area contributed by atoms with E-state index in [9.17, 15) is 0 Å². The average molecular weight is 327 g/mol. The zero-order valence-electron chi connectivity index (χ0n) is 13.5. The molecule has 1 atom stereocenters. The van der Waals surface area contributed by atoms with Crippen LogP contribution in [0.3, 0.4) is 0 Å². The van der Waals surface area contributed by atoms with Crippen LogP contribution in [-0.4, -0.2) is 10.2 Å². The predicted octanol–water partition coefficient (Wildman–Crippen LogP) is 4.86. The van der Waals surface area contributed by atoms with Gasteiger partial charge in [-0.2, -0.15) is 0 Å². The van der Waals surface area contributed by atoms with Gasteiger partial charge in [-0.3, -0.25) is 0 Å². The van der Waals surface area contributed by atoms with Crippen LogP contribution in [0.15, 0.2) is 97.6 Å². The Morgan fingerprint density at radius 3 is 2.08 bits per heavy atom. The zero-order valence-corrected chi connectivity index (χ0v) is 14.5. The number of para-hydroxylation sites is 1. The van der Waals surface area contributed by atoms with Crippen LogP contribution in [0.2, 0.25) is 0 Å². The van der Waals surface area contributed by atoms with Crippen LogP contribution in [-0.2, 0) is 11.6 Å². The van der Waals surface area contributed by atoms with Crippen molar-refractivity contribution in [1.29, 1.82) is 0 Å². The fourth-order valence-electron chi connectivity index (χ4n) is 2.80. The smallest absolute Gasteiger partial charge is 0.137 e. The largest absolute Gasteiger partial charge is 0.483 e. The molecular weight excluding hydrogens is 308 g/mol. The summed E-state index contributed by atoms with van der Waals surface area (Å²) in [6.07, 6.45) is 2.70. The highest BCUT2D eigenvalue weighted by Crippen LogP contribution is 2.34. The van der Waals surface area contributed by atoms with Crippen molar-refractivity contribution in [2.45, 2.75) is 11.6 Å². The average Bonchev–Trinajstić information content (AvgIpc) is 2.64. The number of hydrogen-bond acceptors (Lipinski definition) is 1. The molecule has 0 saturated heterocycles. The zero-order chi connectivity index (χ0) is 16.8. The van der Waals surface area contributed by atoms with Crippen molar-refractivity contribution >= 4 is 10.2 Å². The molecule has 0 aliphatic heterocycles. The Morgan fingerprint density at radius 2 is 1.42 bits per heavy atom. The molecule has 3 radical (unpaired) electrons. The number of hydrogen-bond donors (Lipinski definition) is 0. The third-order valence-electron chi connectivity index (χ3n) is 3.96. The molecule has 0 fully saturated rings. The Hall–Kier alpha value is -2.58. The van der Waals surface area contributed by atoms with Crippen LogP contribution in [0, 0.1) is 0 Å². The van der Waals surface area contributed by atoms with E-state index >= 15 is 0 Å². The first-order valence-corrected chi connectivity index (χ1v) is 8.48. The molecule has 0 bridgehead atoms. The van der Waals surface area contributed by atoms with Gasteiger partial charge in [-0.1, -0.05) is 78.9 Å². The summed E-state index contributed by atoms with van der Waals surface area (Å²) in [5.41, 5.74) is 3.31. The summed E-state index contributed by atoms with van der Waals surface area (Å²) >= 11 is 0.